The van der Waals surface area contributed by atoms with Crippen LogP contribution in [0.5, 0.6) is 17.4 Å². The van der Waals surface area contributed by atoms with Gasteiger partial charge in [0.25, 0.3) is 5.91 Å². The summed E-state index contributed by atoms with van der Waals surface area (Å²) >= 11 is 0. The van der Waals surface area contributed by atoms with Gasteiger partial charge in [-0.25, -0.2) is 4.98 Å². The summed E-state index contributed by atoms with van der Waals surface area (Å²) in [4.78, 5) is 37.9. The number of amides is 2. The summed E-state index contributed by atoms with van der Waals surface area (Å²) in [5, 5.41) is 0. The van der Waals surface area contributed by atoms with Gasteiger partial charge in [0.05, 0.1) is 19.3 Å². The largest absolute Gasteiger partial charge is 0.496 e. The van der Waals surface area contributed by atoms with Crippen LogP contribution in [0.4, 0.5) is 0 Å². The number of hydrogen-bond acceptors (Lipinski definition) is 6. The Kier molecular flexibility index (Phi) is 6.53. The number of carbonyl (C=O) groups excluding carboxylic acids is 2. The van der Waals surface area contributed by atoms with Crippen LogP contribution >= 0.6 is 0 Å². The molecule has 8 nitrogen and oxygen atoms in total. The van der Waals surface area contributed by atoms with Gasteiger partial charge in [-0.15, -0.1) is 0 Å². The highest BCUT2D eigenvalue weighted by molar-refractivity contribution is 5.96. The van der Waals surface area contributed by atoms with E-state index in [2.05, 4.69) is 9.97 Å². The van der Waals surface area contributed by atoms with Gasteiger partial charge in [-0.1, -0.05) is 18.2 Å². The highest BCUT2D eigenvalue weighted by Gasteiger charge is 2.34. The van der Waals surface area contributed by atoms with E-state index in [1.807, 2.05) is 37.3 Å². The summed E-state index contributed by atoms with van der Waals surface area (Å²) < 4.78 is 11.4. The van der Waals surface area contributed by atoms with Crippen molar-refractivity contribution in [2.45, 2.75) is 19.9 Å². The van der Waals surface area contributed by atoms with Gasteiger partial charge in [0.15, 0.2) is 0 Å². The minimum absolute atomic E-state index is 0.0460. The molecule has 0 N–H and O–H groups in total. The van der Waals surface area contributed by atoms with Crippen molar-refractivity contribution in [3.63, 3.8) is 0 Å². The third kappa shape index (κ3) is 4.79. The smallest absolute Gasteiger partial charge is 0.259 e. The zero-order valence-electron chi connectivity index (χ0n) is 18.9. The van der Waals surface area contributed by atoms with E-state index in [9.17, 15) is 9.59 Å². The highest BCUT2D eigenvalue weighted by Crippen LogP contribution is 2.33. The molecule has 0 bridgehead atoms. The van der Waals surface area contributed by atoms with E-state index in [4.69, 9.17) is 9.47 Å². The summed E-state index contributed by atoms with van der Waals surface area (Å²) in [6, 6.07) is 14.3. The molecule has 170 valence electrons. The lowest BCUT2D eigenvalue weighted by atomic mass is 10.0. The molecule has 1 aliphatic heterocycles. The molecule has 0 saturated carbocycles. The summed E-state index contributed by atoms with van der Waals surface area (Å²) in [6.07, 6.45) is 3.18. The fraction of sp³-hybridized carbons (Fsp3) is 0.280. The molecule has 1 aromatic carbocycles. The predicted octanol–water partition coefficient (Wildman–Crippen LogP) is 3.63. The van der Waals surface area contributed by atoms with Gasteiger partial charge < -0.3 is 19.3 Å². The lowest BCUT2D eigenvalue weighted by Crippen LogP contribution is -2.52. The van der Waals surface area contributed by atoms with Crippen molar-refractivity contribution in [1.29, 1.82) is 0 Å². The van der Waals surface area contributed by atoms with Crippen LogP contribution in [0.1, 0.15) is 34.6 Å². The molecule has 2 aromatic heterocycles. The molecule has 0 aliphatic carbocycles. The first kappa shape index (κ1) is 22.3. The molecule has 1 saturated heterocycles. The average Bonchev–Trinajstić information content (AvgIpc) is 2.85. The van der Waals surface area contributed by atoms with Crippen LogP contribution in [0, 0.1) is 6.92 Å². The van der Waals surface area contributed by atoms with Crippen molar-refractivity contribution < 1.29 is 19.1 Å². The summed E-state index contributed by atoms with van der Waals surface area (Å²) in [5.41, 5.74) is 2.08. The molecular formula is C25H26N4O4. The SMILES string of the molecule is COc1ccccc1[C@@H]1CN(C(=O)c2cccnc2Oc2ccc(C)nc2)CCN1C(C)=O. The maximum absolute atomic E-state index is 13.5. The zero-order valence-corrected chi connectivity index (χ0v) is 18.9. The van der Waals surface area contributed by atoms with E-state index >= 15 is 0 Å². The highest BCUT2D eigenvalue weighted by atomic mass is 16.5. The molecule has 2 amide bonds. The molecule has 1 fully saturated rings. The molecule has 4 rings (SSSR count). The predicted molar refractivity (Wildman–Crippen MR) is 122 cm³/mol. The van der Waals surface area contributed by atoms with Gasteiger partial charge in [-0.05, 0) is 37.3 Å². The van der Waals surface area contributed by atoms with Gasteiger partial charge >= 0.3 is 0 Å². The Balaban J connectivity index is 1.61. The molecule has 8 heteroatoms. The van der Waals surface area contributed by atoms with Crippen LogP contribution in [-0.2, 0) is 4.79 Å². The van der Waals surface area contributed by atoms with Crippen LogP contribution in [0.3, 0.4) is 0 Å². The number of nitrogens with zero attached hydrogens (tertiary/aromatic N) is 4. The Bertz CT molecular complexity index is 1150. The Hall–Kier alpha value is -3.94. The van der Waals surface area contributed by atoms with Crippen molar-refractivity contribution in [3.8, 4) is 17.4 Å². The second-order valence-corrected chi connectivity index (χ2v) is 7.81. The van der Waals surface area contributed by atoms with Gasteiger partial charge in [0.2, 0.25) is 11.8 Å². The number of methoxy groups -OCH3 is 1. The number of carbonyl (C=O) groups is 2. The van der Waals surface area contributed by atoms with Crippen molar-refractivity contribution in [2.75, 3.05) is 26.7 Å². The van der Waals surface area contributed by atoms with E-state index in [-0.39, 0.29) is 23.7 Å². The number of ether oxygens (including phenoxy) is 2. The topological polar surface area (TPSA) is 84.9 Å². The van der Waals surface area contributed by atoms with Crippen LogP contribution < -0.4 is 9.47 Å². The Morgan fingerprint density at radius 3 is 2.58 bits per heavy atom. The van der Waals surface area contributed by atoms with Crippen molar-refractivity contribution in [2.24, 2.45) is 0 Å². The number of para-hydroxylation sites is 1. The summed E-state index contributed by atoms with van der Waals surface area (Å²) in [6.45, 7) is 4.59. The summed E-state index contributed by atoms with van der Waals surface area (Å²) in [7, 11) is 1.60. The number of pyridine rings is 2. The van der Waals surface area contributed by atoms with Crippen molar-refractivity contribution >= 4 is 11.8 Å². The summed E-state index contributed by atoms with van der Waals surface area (Å²) in [5.74, 6) is 1.15. The quantitative estimate of drug-likeness (QED) is 0.595. The fourth-order valence-electron chi connectivity index (χ4n) is 3.98. The van der Waals surface area contributed by atoms with E-state index in [0.717, 1.165) is 11.3 Å². The standard InChI is InChI=1S/C25H26N4O4/c1-17-10-11-19(15-27-17)33-24-21(8-6-12-26-24)25(31)28-13-14-29(18(2)30)22(16-28)20-7-4-5-9-23(20)32-3/h4-12,15,22H,13-14,16H2,1-3H3/t22-/m0/s1. The minimum atomic E-state index is -0.321. The maximum atomic E-state index is 13.5. The van der Waals surface area contributed by atoms with Gasteiger partial charge in [-0.2, -0.15) is 0 Å². The second kappa shape index (κ2) is 9.68. The zero-order chi connectivity index (χ0) is 23.4. The number of benzene rings is 1. The molecule has 0 radical (unpaired) electrons. The van der Waals surface area contributed by atoms with Crippen molar-refractivity contribution in [3.05, 3.63) is 77.7 Å². The number of aromatic nitrogens is 2. The first-order valence-electron chi connectivity index (χ1n) is 10.7. The molecular weight excluding hydrogens is 420 g/mol. The first-order chi connectivity index (χ1) is 16.0. The fourth-order valence-corrected chi connectivity index (χ4v) is 3.98. The van der Waals surface area contributed by atoms with Crippen LogP contribution in [0.25, 0.3) is 0 Å². The average molecular weight is 447 g/mol. The number of aryl methyl sites for hydroxylation is 1. The van der Waals surface area contributed by atoms with Crippen molar-refractivity contribution in [1.82, 2.24) is 19.8 Å². The lowest BCUT2D eigenvalue weighted by Gasteiger charge is -2.41. The number of hydrogen-bond donors (Lipinski definition) is 0. The van der Waals surface area contributed by atoms with E-state index < -0.39 is 0 Å². The minimum Gasteiger partial charge on any atom is -0.496 e. The Morgan fingerprint density at radius 1 is 1.03 bits per heavy atom. The van der Waals surface area contributed by atoms with Crippen LogP contribution in [0.2, 0.25) is 0 Å². The molecule has 33 heavy (non-hydrogen) atoms. The molecule has 0 spiro atoms. The first-order valence-corrected chi connectivity index (χ1v) is 10.7. The van der Waals surface area contributed by atoms with E-state index in [1.165, 1.54) is 0 Å². The van der Waals surface area contributed by atoms with E-state index in [0.29, 0.717) is 36.7 Å². The Labute approximate surface area is 192 Å². The van der Waals surface area contributed by atoms with E-state index in [1.54, 1.807) is 54.4 Å². The maximum Gasteiger partial charge on any atom is 0.259 e. The third-order valence-corrected chi connectivity index (χ3v) is 5.67. The van der Waals surface area contributed by atoms with Crippen LogP contribution in [-0.4, -0.2) is 58.3 Å². The Morgan fingerprint density at radius 2 is 1.85 bits per heavy atom. The van der Waals surface area contributed by atoms with Gasteiger partial charge in [0.1, 0.15) is 17.1 Å². The molecule has 0 unspecified atom stereocenters. The second-order valence-electron chi connectivity index (χ2n) is 7.81. The normalized spacial score (nSPS) is 15.8. The molecule has 1 aliphatic rings. The van der Waals surface area contributed by atoms with Gasteiger partial charge in [-0.3, -0.25) is 14.6 Å². The van der Waals surface area contributed by atoms with Gasteiger partial charge in [0, 0.05) is 44.0 Å². The lowest BCUT2D eigenvalue weighted by molar-refractivity contribution is -0.133. The van der Waals surface area contributed by atoms with Crippen LogP contribution in [0.15, 0.2) is 60.9 Å². The number of piperazine rings is 1. The number of rotatable bonds is 5. The third-order valence-electron chi connectivity index (χ3n) is 5.67. The molecule has 1 atom stereocenters. The monoisotopic (exact) mass is 446 g/mol. The molecule has 3 aromatic rings. The molecule has 3 heterocycles.